The van der Waals surface area contributed by atoms with Crippen LogP contribution in [0, 0.1) is 17.2 Å². The molecule has 4 heteroatoms. The van der Waals surface area contributed by atoms with E-state index in [1.165, 1.54) is 25.9 Å². The lowest BCUT2D eigenvalue weighted by molar-refractivity contribution is 0.0975. The van der Waals surface area contributed by atoms with Crippen molar-refractivity contribution in [3.63, 3.8) is 0 Å². The quantitative estimate of drug-likeness (QED) is 0.890. The van der Waals surface area contributed by atoms with Crippen molar-refractivity contribution in [1.29, 1.82) is 5.26 Å². The van der Waals surface area contributed by atoms with E-state index in [4.69, 9.17) is 16.9 Å². The van der Waals surface area contributed by atoms with E-state index < -0.39 is 0 Å². The molecule has 3 aliphatic heterocycles. The van der Waals surface area contributed by atoms with Crippen LogP contribution >= 0.6 is 11.6 Å². The van der Waals surface area contributed by atoms with Crippen molar-refractivity contribution in [2.75, 3.05) is 25.0 Å². The molecule has 0 aliphatic carbocycles. The second kappa shape index (κ2) is 4.79. The Morgan fingerprint density at radius 3 is 2.72 bits per heavy atom. The summed E-state index contributed by atoms with van der Waals surface area (Å²) in [6, 6.07) is 8.02. The first-order valence-corrected chi connectivity index (χ1v) is 6.82. The molecule has 0 radical (unpaired) electrons. The van der Waals surface area contributed by atoms with Gasteiger partial charge in [-0.1, -0.05) is 11.6 Å². The summed E-state index contributed by atoms with van der Waals surface area (Å²) in [5.74, 6) is 0.747. The molecule has 1 aromatic carbocycles. The Morgan fingerprint density at radius 1 is 1.33 bits per heavy atom. The van der Waals surface area contributed by atoms with Crippen LogP contribution in [-0.4, -0.2) is 30.6 Å². The average molecular weight is 262 g/mol. The number of nitrogens with one attached hydrogen (secondary N) is 1. The molecule has 3 aliphatic rings. The lowest BCUT2D eigenvalue weighted by Crippen LogP contribution is -2.53. The van der Waals surface area contributed by atoms with Crippen LogP contribution in [0.1, 0.15) is 18.4 Å². The third-order valence-electron chi connectivity index (χ3n) is 4.09. The van der Waals surface area contributed by atoms with Crippen molar-refractivity contribution in [3.8, 4) is 6.07 Å². The van der Waals surface area contributed by atoms with Crippen LogP contribution in [0.25, 0.3) is 0 Å². The molecule has 1 unspecified atom stereocenters. The minimum absolute atomic E-state index is 0.471. The minimum Gasteiger partial charge on any atom is -0.380 e. The van der Waals surface area contributed by atoms with Crippen molar-refractivity contribution in [3.05, 3.63) is 28.8 Å². The number of piperidine rings is 3. The number of benzene rings is 1. The Labute approximate surface area is 112 Å². The topological polar surface area (TPSA) is 39.1 Å². The van der Waals surface area contributed by atoms with E-state index in [2.05, 4.69) is 16.3 Å². The van der Waals surface area contributed by atoms with Gasteiger partial charge in [-0.2, -0.15) is 5.26 Å². The standard InChI is InChI=1S/C14H16ClN3/c15-12-2-1-10(8-16)7-13(12)17-14-9-18-5-3-11(14)4-6-18/h1-2,7,11,14,17H,3-6,9H2. The Balaban J connectivity index is 1.78. The number of halogens is 1. The molecule has 1 atom stereocenters. The first-order valence-electron chi connectivity index (χ1n) is 6.45. The zero-order valence-electron chi connectivity index (χ0n) is 10.2. The fraction of sp³-hybridized carbons (Fsp3) is 0.500. The normalized spacial score (nSPS) is 29.9. The molecule has 94 valence electrons. The van der Waals surface area contributed by atoms with Gasteiger partial charge in [-0.25, -0.2) is 0 Å². The van der Waals surface area contributed by atoms with Crippen molar-refractivity contribution in [2.45, 2.75) is 18.9 Å². The molecule has 0 aromatic heterocycles. The summed E-state index contributed by atoms with van der Waals surface area (Å²) in [4.78, 5) is 2.50. The monoisotopic (exact) mass is 261 g/mol. The molecule has 4 rings (SSSR count). The van der Waals surface area contributed by atoms with Gasteiger partial charge >= 0.3 is 0 Å². The van der Waals surface area contributed by atoms with Crippen LogP contribution in [0.3, 0.4) is 0 Å². The van der Waals surface area contributed by atoms with Gasteiger partial charge in [-0.3, -0.25) is 0 Å². The van der Waals surface area contributed by atoms with Crippen molar-refractivity contribution in [1.82, 2.24) is 4.90 Å². The second-order valence-electron chi connectivity index (χ2n) is 5.20. The van der Waals surface area contributed by atoms with E-state index in [0.29, 0.717) is 16.6 Å². The molecule has 3 saturated heterocycles. The molecule has 0 saturated carbocycles. The number of nitriles is 1. The largest absolute Gasteiger partial charge is 0.380 e. The number of rotatable bonds is 2. The lowest BCUT2D eigenvalue weighted by atomic mass is 9.84. The summed E-state index contributed by atoms with van der Waals surface area (Å²) < 4.78 is 0. The number of hydrogen-bond donors (Lipinski definition) is 1. The highest BCUT2D eigenvalue weighted by Crippen LogP contribution is 2.32. The summed E-state index contributed by atoms with van der Waals surface area (Å²) >= 11 is 6.19. The zero-order chi connectivity index (χ0) is 12.5. The van der Waals surface area contributed by atoms with Crippen molar-refractivity contribution >= 4 is 17.3 Å². The third-order valence-corrected chi connectivity index (χ3v) is 4.42. The van der Waals surface area contributed by atoms with E-state index in [1.807, 2.05) is 6.07 Å². The molecule has 0 amide bonds. The van der Waals surface area contributed by atoms with Crippen molar-refractivity contribution < 1.29 is 0 Å². The van der Waals surface area contributed by atoms with Gasteiger partial charge in [0.15, 0.2) is 0 Å². The summed E-state index contributed by atoms with van der Waals surface area (Å²) in [7, 11) is 0. The molecule has 3 fully saturated rings. The summed E-state index contributed by atoms with van der Waals surface area (Å²) in [5.41, 5.74) is 1.55. The van der Waals surface area contributed by atoms with Gasteiger partial charge in [0, 0.05) is 12.6 Å². The Kier molecular flexibility index (Phi) is 3.15. The summed E-state index contributed by atoms with van der Waals surface area (Å²) in [5, 5.41) is 13.2. The summed E-state index contributed by atoms with van der Waals surface area (Å²) in [6.07, 6.45) is 2.54. The first kappa shape index (κ1) is 11.8. The van der Waals surface area contributed by atoms with Crippen molar-refractivity contribution in [2.24, 2.45) is 5.92 Å². The highest BCUT2D eigenvalue weighted by atomic mass is 35.5. The number of anilines is 1. The summed E-state index contributed by atoms with van der Waals surface area (Å²) in [6.45, 7) is 3.56. The molecule has 3 heterocycles. The predicted octanol–water partition coefficient (Wildman–Crippen LogP) is 2.72. The molecule has 2 bridgehead atoms. The highest BCUT2D eigenvalue weighted by molar-refractivity contribution is 6.33. The van der Waals surface area contributed by atoms with Crippen LogP contribution in [0.15, 0.2) is 18.2 Å². The minimum atomic E-state index is 0.471. The fourth-order valence-electron chi connectivity index (χ4n) is 3.03. The molecular formula is C14H16ClN3. The lowest BCUT2D eigenvalue weighted by Gasteiger charge is -2.45. The maximum atomic E-state index is 8.93. The zero-order valence-corrected chi connectivity index (χ0v) is 11.0. The molecule has 18 heavy (non-hydrogen) atoms. The van der Waals surface area contributed by atoms with Crippen LogP contribution < -0.4 is 5.32 Å². The van der Waals surface area contributed by atoms with Gasteiger partial charge in [0.25, 0.3) is 0 Å². The molecular weight excluding hydrogens is 246 g/mol. The first-order chi connectivity index (χ1) is 8.76. The van der Waals surface area contributed by atoms with E-state index >= 15 is 0 Å². The van der Waals surface area contributed by atoms with Gasteiger partial charge in [-0.15, -0.1) is 0 Å². The van der Waals surface area contributed by atoms with Crippen LogP contribution in [0.4, 0.5) is 5.69 Å². The number of fused-ring (bicyclic) bond motifs is 3. The predicted molar refractivity (Wildman–Crippen MR) is 72.7 cm³/mol. The van der Waals surface area contributed by atoms with Gasteiger partial charge in [0.05, 0.1) is 22.3 Å². The maximum absolute atomic E-state index is 8.93. The third kappa shape index (κ3) is 2.19. The van der Waals surface area contributed by atoms with Gasteiger partial charge < -0.3 is 10.2 Å². The Bertz CT molecular complexity index is 486. The van der Waals surface area contributed by atoms with Crippen LogP contribution in [0.5, 0.6) is 0 Å². The van der Waals surface area contributed by atoms with E-state index in [9.17, 15) is 0 Å². The second-order valence-corrected chi connectivity index (χ2v) is 5.60. The van der Waals surface area contributed by atoms with Gasteiger partial charge in [0.2, 0.25) is 0 Å². The molecule has 1 aromatic rings. The van der Waals surface area contributed by atoms with E-state index in [-0.39, 0.29) is 0 Å². The van der Waals surface area contributed by atoms with Crippen LogP contribution in [-0.2, 0) is 0 Å². The Morgan fingerprint density at radius 2 is 2.11 bits per heavy atom. The Hall–Kier alpha value is -1.24. The van der Waals surface area contributed by atoms with E-state index in [1.54, 1.807) is 12.1 Å². The number of hydrogen-bond acceptors (Lipinski definition) is 3. The van der Waals surface area contributed by atoms with Crippen LogP contribution in [0.2, 0.25) is 5.02 Å². The molecule has 3 nitrogen and oxygen atoms in total. The average Bonchev–Trinajstić information content (AvgIpc) is 2.43. The molecule has 1 N–H and O–H groups in total. The molecule has 0 spiro atoms. The maximum Gasteiger partial charge on any atom is 0.0992 e. The smallest absolute Gasteiger partial charge is 0.0992 e. The SMILES string of the molecule is N#Cc1ccc(Cl)c(NC2CN3CCC2CC3)c1. The van der Waals surface area contributed by atoms with Gasteiger partial charge in [-0.05, 0) is 50.0 Å². The fourth-order valence-corrected chi connectivity index (χ4v) is 3.21. The highest BCUT2D eigenvalue weighted by Gasteiger charge is 2.34. The number of nitrogens with zero attached hydrogens (tertiary/aromatic N) is 2. The van der Waals surface area contributed by atoms with E-state index in [0.717, 1.165) is 18.2 Å². The van der Waals surface area contributed by atoms with Gasteiger partial charge in [0.1, 0.15) is 0 Å².